The van der Waals surface area contributed by atoms with Crippen LogP contribution in [0.3, 0.4) is 0 Å². The molecule has 1 aliphatic rings. The van der Waals surface area contributed by atoms with Gasteiger partial charge in [-0.15, -0.1) is 0 Å². The minimum absolute atomic E-state index is 0.0974. The van der Waals surface area contributed by atoms with E-state index in [1.54, 1.807) is 0 Å². The lowest BCUT2D eigenvalue weighted by Crippen LogP contribution is -2.14. The van der Waals surface area contributed by atoms with Crippen molar-refractivity contribution in [3.8, 4) is 0 Å². The van der Waals surface area contributed by atoms with Gasteiger partial charge in [-0.1, -0.05) is 61.6 Å². The third-order valence-corrected chi connectivity index (χ3v) is 6.42. The summed E-state index contributed by atoms with van der Waals surface area (Å²) < 4.78 is 0.119. The number of alkyl halides is 3. The van der Waals surface area contributed by atoms with E-state index in [2.05, 4.69) is 47.8 Å². The Morgan fingerprint density at radius 2 is 1.85 bits per heavy atom. The predicted molar refractivity (Wildman–Crippen MR) is 62.8 cm³/mol. The van der Waals surface area contributed by atoms with Gasteiger partial charge >= 0.3 is 5.97 Å². The first-order valence-electron chi connectivity index (χ1n) is 3.95. The second kappa shape index (κ2) is 3.81. The van der Waals surface area contributed by atoms with E-state index in [1.807, 2.05) is 13.8 Å². The molecule has 0 saturated heterocycles. The smallest absolute Gasteiger partial charge is 0.307 e. The van der Waals surface area contributed by atoms with Gasteiger partial charge in [0.2, 0.25) is 0 Å². The standard InChI is InChI=1S/C8H11Br3O2/c1-8(2)3(4(8)7(12)13)5(9)6(10)11/h3-6H,1-2H3,(H,12,13). The predicted octanol–water partition coefficient (Wildman–Crippen LogP) is 3.22. The summed E-state index contributed by atoms with van der Waals surface area (Å²) in [6.45, 7) is 3.99. The average Bonchev–Trinajstić information content (AvgIpc) is 2.51. The Morgan fingerprint density at radius 3 is 2.08 bits per heavy atom. The van der Waals surface area contributed by atoms with Crippen molar-refractivity contribution in [2.45, 2.75) is 22.4 Å². The number of carbonyl (C=O) groups is 1. The normalized spacial score (nSPS) is 33.1. The molecular weight excluding hydrogens is 368 g/mol. The minimum Gasteiger partial charge on any atom is -0.481 e. The van der Waals surface area contributed by atoms with Crippen LogP contribution >= 0.6 is 47.8 Å². The summed E-state index contributed by atoms with van der Waals surface area (Å²) >= 11 is 10.3. The Hall–Kier alpha value is 0.910. The maximum absolute atomic E-state index is 10.9. The van der Waals surface area contributed by atoms with Gasteiger partial charge in [0.15, 0.2) is 0 Å². The fraction of sp³-hybridized carbons (Fsp3) is 0.875. The fourth-order valence-corrected chi connectivity index (χ4v) is 3.54. The second-order valence-corrected chi connectivity index (χ2v) is 8.20. The molecule has 3 unspecified atom stereocenters. The van der Waals surface area contributed by atoms with Crippen molar-refractivity contribution < 1.29 is 9.90 Å². The summed E-state index contributed by atoms with van der Waals surface area (Å²) in [7, 11) is 0. The van der Waals surface area contributed by atoms with Crippen LogP contribution < -0.4 is 0 Å². The highest BCUT2D eigenvalue weighted by molar-refractivity contribution is 9.25. The van der Waals surface area contributed by atoms with Crippen molar-refractivity contribution in [2.24, 2.45) is 17.3 Å². The molecule has 3 atom stereocenters. The van der Waals surface area contributed by atoms with Crippen LogP contribution in [-0.2, 0) is 4.79 Å². The largest absolute Gasteiger partial charge is 0.481 e. The first-order chi connectivity index (χ1) is 5.80. The number of carboxylic acid groups (broad SMARTS) is 1. The van der Waals surface area contributed by atoms with Crippen molar-refractivity contribution in [3.05, 3.63) is 0 Å². The molecule has 0 aromatic carbocycles. The van der Waals surface area contributed by atoms with E-state index in [9.17, 15) is 4.79 Å². The van der Waals surface area contributed by atoms with Gasteiger partial charge in [-0.05, 0) is 11.3 Å². The molecule has 0 aliphatic heterocycles. The maximum atomic E-state index is 10.9. The lowest BCUT2D eigenvalue weighted by molar-refractivity contribution is -0.139. The van der Waals surface area contributed by atoms with Crippen LogP contribution in [0.25, 0.3) is 0 Å². The van der Waals surface area contributed by atoms with Gasteiger partial charge in [0, 0.05) is 4.83 Å². The molecule has 1 fully saturated rings. The molecule has 0 aromatic heterocycles. The van der Waals surface area contributed by atoms with E-state index in [-0.39, 0.29) is 25.8 Å². The quantitative estimate of drug-likeness (QED) is 0.765. The number of halogens is 3. The van der Waals surface area contributed by atoms with Gasteiger partial charge in [-0.25, -0.2) is 0 Å². The lowest BCUT2D eigenvalue weighted by atomic mass is 10.1. The molecule has 0 amide bonds. The molecule has 0 spiro atoms. The molecular formula is C8H11Br3O2. The van der Waals surface area contributed by atoms with Crippen molar-refractivity contribution >= 4 is 53.8 Å². The summed E-state index contributed by atoms with van der Waals surface area (Å²) in [5.41, 5.74) is -0.0974. The Balaban J connectivity index is 2.70. The number of carboxylic acids is 1. The van der Waals surface area contributed by atoms with E-state index >= 15 is 0 Å². The fourth-order valence-electron chi connectivity index (χ4n) is 1.90. The third-order valence-electron chi connectivity index (χ3n) is 2.76. The summed E-state index contributed by atoms with van der Waals surface area (Å²) in [4.78, 5) is 11.0. The zero-order chi connectivity index (χ0) is 10.4. The van der Waals surface area contributed by atoms with E-state index in [0.717, 1.165) is 0 Å². The SMILES string of the molecule is CC1(C)C(C(=O)O)C1C(Br)C(Br)Br. The van der Waals surface area contributed by atoms with Crippen molar-refractivity contribution in [1.29, 1.82) is 0 Å². The van der Waals surface area contributed by atoms with Gasteiger partial charge < -0.3 is 5.11 Å². The third kappa shape index (κ3) is 2.12. The molecule has 1 saturated carbocycles. The van der Waals surface area contributed by atoms with Gasteiger partial charge in [0.25, 0.3) is 0 Å². The first kappa shape index (κ1) is 12.0. The van der Waals surface area contributed by atoms with Crippen LogP contribution in [0.2, 0.25) is 0 Å². The molecule has 13 heavy (non-hydrogen) atoms. The summed E-state index contributed by atoms with van der Waals surface area (Å²) in [6, 6.07) is 0. The van der Waals surface area contributed by atoms with Crippen LogP contribution in [0.1, 0.15) is 13.8 Å². The Labute approximate surface area is 103 Å². The minimum atomic E-state index is -0.694. The Bertz CT molecular complexity index is 227. The van der Waals surface area contributed by atoms with Gasteiger partial charge in [0.1, 0.15) is 0 Å². The number of aliphatic carboxylic acids is 1. The number of hydrogen-bond donors (Lipinski definition) is 1. The van der Waals surface area contributed by atoms with Crippen molar-refractivity contribution in [2.75, 3.05) is 0 Å². The zero-order valence-electron chi connectivity index (χ0n) is 7.30. The molecule has 76 valence electrons. The van der Waals surface area contributed by atoms with E-state index in [4.69, 9.17) is 5.11 Å². The maximum Gasteiger partial charge on any atom is 0.307 e. The van der Waals surface area contributed by atoms with Gasteiger partial charge in [-0.2, -0.15) is 0 Å². The van der Waals surface area contributed by atoms with Crippen LogP contribution in [0.5, 0.6) is 0 Å². The molecule has 0 bridgehead atoms. The highest BCUT2D eigenvalue weighted by atomic mass is 79.9. The highest BCUT2D eigenvalue weighted by Crippen LogP contribution is 2.62. The highest BCUT2D eigenvalue weighted by Gasteiger charge is 2.65. The second-order valence-electron chi connectivity index (χ2n) is 3.94. The molecule has 2 nitrogen and oxygen atoms in total. The summed E-state index contributed by atoms with van der Waals surface area (Å²) in [6.07, 6.45) is 0. The lowest BCUT2D eigenvalue weighted by Gasteiger charge is -2.11. The topological polar surface area (TPSA) is 37.3 Å². The molecule has 5 heteroatoms. The molecule has 0 radical (unpaired) electrons. The van der Waals surface area contributed by atoms with E-state index in [1.165, 1.54) is 0 Å². The molecule has 0 heterocycles. The number of hydrogen-bond acceptors (Lipinski definition) is 1. The van der Waals surface area contributed by atoms with Crippen LogP contribution in [0, 0.1) is 17.3 Å². The molecule has 0 aromatic rings. The summed E-state index contributed by atoms with van der Waals surface area (Å²) in [5.74, 6) is -0.733. The van der Waals surface area contributed by atoms with Crippen LogP contribution in [0.4, 0.5) is 0 Å². The van der Waals surface area contributed by atoms with E-state index in [0.29, 0.717) is 0 Å². The monoisotopic (exact) mass is 376 g/mol. The Morgan fingerprint density at radius 1 is 1.38 bits per heavy atom. The zero-order valence-corrected chi connectivity index (χ0v) is 12.1. The van der Waals surface area contributed by atoms with Crippen LogP contribution in [0.15, 0.2) is 0 Å². The van der Waals surface area contributed by atoms with Gasteiger partial charge in [0.05, 0.1) is 9.65 Å². The molecule has 1 aliphatic carbocycles. The molecule has 1 N–H and O–H groups in total. The molecule has 1 rings (SSSR count). The average molecular weight is 379 g/mol. The van der Waals surface area contributed by atoms with Crippen LogP contribution in [-0.4, -0.2) is 19.6 Å². The number of rotatable bonds is 3. The van der Waals surface area contributed by atoms with Gasteiger partial charge in [-0.3, -0.25) is 4.79 Å². The Kier molecular flexibility index (Phi) is 3.52. The van der Waals surface area contributed by atoms with Crippen molar-refractivity contribution in [3.63, 3.8) is 0 Å². The summed E-state index contributed by atoms with van der Waals surface area (Å²) in [5, 5.41) is 8.94. The first-order valence-corrected chi connectivity index (χ1v) is 6.70. The van der Waals surface area contributed by atoms with E-state index < -0.39 is 5.97 Å². The van der Waals surface area contributed by atoms with Crippen molar-refractivity contribution in [1.82, 2.24) is 0 Å².